The molecule has 5 heteroatoms. The van der Waals surface area contributed by atoms with Gasteiger partial charge in [-0.25, -0.2) is 0 Å². The SMILES string of the molecule is COCc1ncc(Cc2ccc3ccccc3n2)c2cc(OC)c(OC)cc12. The van der Waals surface area contributed by atoms with Gasteiger partial charge >= 0.3 is 0 Å². The van der Waals surface area contributed by atoms with Gasteiger partial charge in [-0.3, -0.25) is 9.97 Å². The lowest BCUT2D eigenvalue weighted by atomic mass is 10.00. The first kappa shape index (κ1) is 18.2. The van der Waals surface area contributed by atoms with Crippen LogP contribution in [0.25, 0.3) is 21.7 Å². The van der Waals surface area contributed by atoms with Gasteiger partial charge in [-0.1, -0.05) is 24.3 Å². The smallest absolute Gasteiger partial charge is 0.161 e. The summed E-state index contributed by atoms with van der Waals surface area (Å²) < 4.78 is 16.3. The third kappa shape index (κ3) is 3.37. The second kappa shape index (κ2) is 7.82. The first-order valence-electron chi connectivity index (χ1n) is 9.09. The van der Waals surface area contributed by atoms with E-state index in [1.54, 1.807) is 21.3 Å². The number of aromatic nitrogens is 2. The Morgan fingerprint density at radius 2 is 1.61 bits per heavy atom. The van der Waals surface area contributed by atoms with E-state index < -0.39 is 0 Å². The highest BCUT2D eigenvalue weighted by atomic mass is 16.5. The molecule has 0 saturated carbocycles. The Kier molecular flexibility index (Phi) is 5.08. The van der Waals surface area contributed by atoms with Gasteiger partial charge in [0.15, 0.2) is 11.5 Å². The van der Waals surface area contributed by atoms with E-state index in [2.05, 4.69) is 23.2 Å². The van der Waals surface area contributed by atoms with E-state index in [4.69, 9.17) is 19.2 Å². The van der Waals surface area contributed by atoms with Crippen LogP contribution in [0.15, 0.2) is 54.7 Å². The molecule has 0 aliphatic carbocycles. The summed E-state index contributed by atoms with van der Waals surface area (Å²) in [4.78, 5) is 9.44. The van der Waals surface area contributed by atoms with Crippen molar-refractivity contribution in [1.82, 2.24) is 9.97 Å². The number of benzene rings is 2. The number of pyridine rings is 2. The number of methoxy groups -OCH3 is 3. The number of para-hydroxylation sites is 1. The average Bonchev–Trinajstić information content (AvgIpc) is 2.74. The molecule has 2 aromatic heterocycles. The van der Waals surface area contributed by atoms with Crippen LogP contribution in [0.5, 0.6) is 11.5 Å². The lowest BCUT2D eigenvalue weighted by Gasteiger charge is -2.14. The number of fused-ring (bicyclic) bond motifs is 2. The number of rotatable bonds is 6. The van der Waals surface area contributed by atoms with Crippen molar-refractivity contribution in [2.75, 3.05) is 21.3 Å². The molecule has 5 nitrogen and oxygen atoms in total. The van der Waals surface area contributed by atoms with Crippen molar-refractivity contribution in [1.29, 1.82) is 0 Å². The number of ether oxygens (including phenoxy) is 3. The van der Waals surface area contributed by atoms with Gasteiger partial charge in [-0.05, 0) is 35.2 Å². The van der Waals surface area contributed by atoms with Crippen molar-refractivity contribution in [3.05, 3.63) is 71.7 Å². The maximum Gasteiger partial charge on any atom is 0.161 e. The van der Waals surface area contributed by atoms with Crippen LogP contribution in [0.1, 0.15) is 17.0 Å². The molecule has 0 amide bonds. The Bertz CT molecular complexity index is 1140. The summed E-state index contributed by atoms with van der Waals surface area (Å²) in [5, 5.41) is 3.20. The molecule has 0 unspecified atom stereocenters. The van der Waals surface area contributed by atoms with Crippen molar-refractivity contribution in [2.24, 2.45) is 0 Å². The van der Waals surface area contributed by atoms with Crippen molar-refractivity contribution < 1.29 is 14.2 Å². The minimum Gasteiger partial charge on any atom is -0.493 e. The fourth-order valence-corrected chi connectivity index (χ4v) is 3.47. The largest absolute Gasteiger partial charge is 0.493 e. The van der Waals surface area contributed by atoms with E-state index in [9.17, 15) is 0 Å². The third-order valence-electron chi connectivity index (χ3n) is 4.87. The summed E-state index contributed by atoms with van der Waals surface area (Å²) in [6, 6.07) is 16.3. The molecular formula is C23H22N2O3. The predicted octanol–water partition coefficient (Wildman–Crippen LogP) is 4.54. The maximum atomic E-state index is 5.51. The lowest BCUT2D eigenvalue weighted by molar-refractivity contribution is 0.182. The molecule has 142 valence electrons. The number of nitrogens with zero attached hydrogens (tertiary/aromatic N) is 2. The third-order valence-corrected chi connectivity index (χ3v) is 4.87. The van der Waals surface area contributed by atoms with Gasteiger partial charge in [0.2, 0.25) is 0 Å². The molecule has 0 fully saturated rings. The number of hydrogen-bond donors (Lipinski definition) is 0. The van der Waals surface area contributed by atoms with Crippen LogP contribution in [-0.2, 0) is 17.8 Å². The molecular weight excluding hydrogens is 352 g/mol. The zero-order valence-electron chi connectivity index (χ0n) is 16.2. The molecule has 0 bridgehead atoms. The van der Waals surface area contributed by atoms with E-state index >= 15 is 0 Å². The van der Waals surface area contributed by atoms with Crippen molar-refractivity contribution in [3.63, 3.8) is 0 Å². The molecule has 4 rings (SSSR count). The van der Waals surface area contributed by atoms with Crippen LogP contribution in [0, 0.1) is 0 Å². The van der Waals surface area contributed by atoms with E-state index in [1.165, 1.54) is 0 Å². The molecule has 2 aromatic carbocycles. The standard InChI is InChI=1S/C23H22N2O3/c1-26-14-21-19-12-23(28-3)22(27-2)11-18(19)16(13-24-21)10-17-9-8-15-6-4-5-7-20(15)25-17/h4-9,11-13H,10,14H2,1-3H3. The van der Waals surface area contributed by atoms with Crippen LogP contribution in [0.3, 0.4) is 0 Å². The van der Waals surface area contributed by atoms with Crippen molar-refractivity contribution in [2.45, 2.75) is 13.0 Å². The normalized spacial score (nSPS) is 11.1. The molecule has 0 aliphatic heterocycles. The fraction of sp³-hybridized carbons (Fsp3) is 0.217. The van der Waals surface area contributed by atoms with Crippen LogP contribution in [-0.4, -0.2) is 31.3 Å². The van der Waals surface area contributed by atoms with E-state index in [0.717, 1.165) is 38.6 Å². The minimum atomic E-state index is 0.431. The molecule has 28 heavy (non-hydrogen) atoms. The van der Waals surface area contributed by atoms with Crippen LogP contribution < -0.4 is 9.47 Å². The highest BCUT2D eigenvalue weighted by Crippen LogP contribution is 2.35. The van der Waals surface area contributed by atoms with Gasteiger partial charge in [-0.15, -0.1) is 0 Å². The first-order chi connectivity index (χ1) is 13.7. The summed E-state index contributed by atoms with van der Waals surface area (Å²) in [5.74, 6) is 1.37. The maximum absolute atomic E-state index is 5.51. The highest BCUT2D eigenvalue weighted by molar-refractivity contribution is 5.91. The average molecular weight is 374 g/mol. The summed E-state index contributed by atoms with van der Waals surface area (Å²) in [5.41, 5.74) is 3.94. The monoisotopic (exact) mass is 374 g/mol. The van der Waals surface area contributed by atoms with Crippen LogP contribution in [0.2, 0.25) is 0 Å². The Labute approximate surface area is 163 Å². The highest BCUT2D eigenvalue weighted by Gasteiger charge is 2.14. The Balaban J connectivity index is 1.84. The number of hydrogen-bond acceptors (Lipinski definition) is 5. The van der Waals surface area contributed by atoms with E-state index in [0.29, 0.717) is 24.5 Å². The Hall–Kier alpha value is -3.18. The van der Waals surface area contributed by atoms with Crippen LogP contribution in [0.4, 0.5) is 0 Å². The molecule has 0 spiro atoms. The molecule has 0 atom stereocenters. The van der Waals surface area contributed by atoms with Crippen molar-refractivity contribution in [3.8, 4) is 11.5 Å². The Morgan fingerprint density at radius 3 is 2.36 bits per heavy atom. The molecule has 4 aromatic rings. The van der Waals surface area contributed by atoms with Gasteiger partial charge in [0, 0.05) is 36.2 Å². The topological polar surface area (TPSA) is 53.5 Å². The first-order valence-corrected chi connectivity index (χ1v) is 9.09. The second-order valence-corrected chi connectivity index (χ2v) is 6.59. The van der Waals surface area contributed by atoms with E-state index in [-0.39, 0.29) is 0 Å². The predicted molar refractivity (Wildman–Crippen MR) is 110 cm³/mol. The lowest BCUT2D eigenvalue weighted by Crippen LogP contribution is -2.01. The van der Waals surface area contributed by atoms with Gasteiger partial charge in [0.05, 0.1) is 32.0 Å². The van der Waals surface area contributed by atoms with Gasteiger partial charge < -0.3 is 14.2 Å². The summed E-state index contributed by atoms with van der Waals surface area (Å²) in [6.07, 6.45) is 2.58. The minimum absolute atomic E-state index is 0.431. The zero-order valence-corrected chi connectivity index (χ0v) is 16.2. The molecule has 2 heterocycles. The summed E-state index contributed by atoms with van der Waals surface area (Å²) >= 11 is 0. The molecule has 0 radical (unpaired) electrons. The van der Waals surface area contributed by atoms with Gasteiger partial charge in [-0.2, -0.15) is 0 Å². The molecule has 0 aliphatic rings. The van der Waals surface area contributed by atoms with E-state index in [1.807, 2.05) is 36.5 Å². The zero-order chi connectivity index (χ0) is 19.5. The Morgan fingerprint density at radius 1 is 0.857 bits per heavy atom. The molecule has 0 saturated heterocycles. The molecule has 0 N–H and O–H groups in total. The fourth-order valence-electron chi connectivity index (χ4n) is 3.47. The van der Waals surface area contributed by atoms with Gasteiger partial charge in [0.25, 0.3) is 0 Å². The summed E-state index contributed by atoms with van der Waals surface area (Å²) in [6.45, 7) is 0.431. The quantitative estimate of drug-likeness (QED) is 0.496. The second-order valence-electron chi connectivity index (χ2n) is 6.59. The van der Waals surface area contributed by atoms with Crippen LogP contribution >= 0.6 is 0 Å². The summed E-state index contributed by atoms with van der Waals surface area (Å²) in [7, 11) is 4.95. The van der Waals surface area contributed by atoms with Crippen molar-refractivity contribution >= 4 is 21.7 Å². The van der Waals surface area contributed by atoms with Gasteiger partial charge in [0.1, 0.15) is 0 Å².